The molecule has 1 aliphatic carbocycles. The Morgan fingerprint density at radius 2 is 1.86 bits per heavy atom. The van der Waals surface area contributed by atoms with E-state index in [1.165, 1.54) is 23.3 Å². The fourth-order valence-electron chi connectivity index (χ4n) is 4.43. The third-order valence-electron chi connectivity index (χ3n) is 5.91. The van der Waals surface area contributed by atoms with Crippen LogP contribution in [0.25, 0.3) is 10.2 Å². The summed E-state index contributed by atoms with van der Waals surface area (Å²) >= 11 is 1.74. The molecule has 28 heavy (non-hydrogen) atoms. The third-order valence-corrected chi connectivity index (χ3v) is 7.09. The van der Waals surface area contributed by atoms with Crippen LogP contribution in [0, 0.1) is 0 Å². The van der Waals surface area contributed by atoms with E-state index in [2.05, 4.69) is 20.9 Å². The maximum atomic E-state index is 13.3. The van der Waals surface area contributed by atoms with E-state index in [4.69, 9.17) is 4.98 Å². The summed E-state index contributed by atoms with van der Waals surface area (Å²) in [4.78, 5) is 29.7. The van der Waals surface area contributed by atoms with E-state index in [1.54, 1.807) is 11.3 Å². The highest BCUT2D eigenvalue weighted by Crippen LogP contribution is 2.34. The number of fused-ring (bicyclic) bond motifs is 3. The summed E-state index contributed by atoms with van der Waals surface area (Å²) in [5.41, 5.74) is 1.42. The summed E-state index contributed by atoms with van der Waals surface area (Å²) in [5.74, 6) is 1.85. The van der Waals surface area contributed by atoms with Crippen LogP contribution in [-0.2, 0) is 19.4 Å². The van der Waals surface area contributed by atoms with Crippen molar-refractivity contribution in [2.24, 2.45) is 0 Å². The first kappa shape index (κ1) is 17.7. The summed E-state index contributed by atoms with van der Waals surface area (Å²) < 4.78 is 1.88. The molecule has 0 spiro atoms. The zero-order chi connectivity index (χ0) is 19.1. The molecule has 0 amide bonds. The largest absolute Gasteiger partial charge is 0.353 e. The fourth-order valence-corrected chi connectivity index (χ4v) is 5.68. The van der Waals surface area contributed by atoms with Gasteiger partial charge in [-0.25, -0.2) is 9.97 Å². The quantitative estimate of drug-likeness (QED) is 0.682. The molecule has 5 rings (SSSR count). The molecule has 2 aliphatic rings. The van der Waals surface area contributed by atoms with Gasteiger partial charge in [0.1, 0.15) is 10.6 Å². The minimum absolute atomic E-state index is 0.147. The Labute approximate surface area is 168 Å². The minimum atomic E-state index is 0.147. The molecule has 4 heterocycles. The summed E-state index contributed by atoms with van der Waals surface area (Å²) in [7, 11) is 0. The fraction of sp³-hybridized carbons (Fsp3) is 0.476. The lowest BCUT2D eigenvalue weighted by atomic mass is 9.97. The lowest BCUT2D eigenvalue weighted by molar-refractivity contribution is 0.603. The monoisotopic (exact) mass is 395 g/mol. The molecule has 0 aromatic carbocycles. The van der Waals surface area contributed by atoms with Crippen molar-refractivity contribution < 1.29 is 0 Å². The first-order chi connectivity index (χ1) is 13.8. The molecular formula is C21H25N5OS. The summed E-state index contributed by atoms with van der Waals surface area (Å²) in [6, 6.07) is 6.02. The van der Waals surface area contributed by atoms with Gasteiger partial charge in [0.05, 0.1) is 5.39 Å². The predicted octanol–water partition coefficient (Wildman–Crippen LogP) is 3.08. The van der Waals surface area contributed by atoms with E-state index in [0.717, 1.165) is 61.0 Å². The van der Waals surface area contributed by atoms with E-state index in [9.17, 15) is 4.79 Å². The number of hydrogen-bond acceptors (Lipinski definition) is 6. The molecule has 146 valence electrons. The van der Waals surface area contributed by atoms with Gasteiger partial charge in [0, 0.05) is 43.8 Å². The normalized spacial score (nSPS) is 17.2. The van der Waals surface area contributed by atoms with Gasteiger partial charge in [-0.1, -0.05) is 6.07 Å². The molecule has 7 heteroatoms. The van der Waals surface area contributed by atoms with Crippen molar-refractivity contribution in [3.63, 3.8) is 0 Å². The van der Waals surface area contributed by atoms with E-state index >= 15 is 0 Å². The number of piperazine rings is 1. The van der Waals surface area contributed by atoms with E-state index in [-0.39, 0.29) is 5.56 Å². The highest BCUT2D eigenvalue weighted by Gasteiger charge is 2.25. The second-order valence-electron chi connectivity index (χ2n) is 7.51. The molecular weight excluding hydrogens is 370 g/mol. The third kappa shape index (κ3) is 2.89. The number of aryl methyl sites for hydroxylation is 2. The smallest absolute Gasteiger partial charge is 0.263 e. The van der Waals surface area contributed by atoms with Crippen LogP contribution < -0.4 is 15.4 Å². The van der Waals surface area contributed by atoms with Crippen molar-refractivity contribution in [1.29, 1.82) is 0 Å². The van der Waals surface area contributed by atoms with Crippen LogP contribution in [0.3, 0.4) is 0 Å². The molecule has 1 aliphatic heterocycles. The molecule has 3 aromatic heterocycles. The molecule has 0 atom stereocenters. The van der Waals surface area contributed by atoms with Crippen LogP contribution in [0.4, 0.5) is 11.8 Å². The first-order valence-corrected chi connectivity index (χ1v) is 11.0. The van der Waals surface area contributed by atoms with Crippen molar-refractivity contribution in [3.05, 3.63) is 45.2 Å². The Morgan fingerprint density at radius 1 is 1.07 bits per heavy atom. The van der Waals surface area contributed by atoms with Crippen LogP contribution in [0.15, 0.2) is 29.2 Å². The van der Waals surface area contributed by atoms with Gasteiger partial charge in [0.25, 0.3) is 5.56 Å². The van der Waals surface area contributed by atoms with Crippen LogP contribution in [0.5, 0.6) is 0 Å². The zero-order valence-corrected chi connectivity index (χ0v) is 17.0. The Bertz CT molecular complexity index is 1050. The van der Waals surface area contributed by atoms with E-state index < -0.39 is 0 Å². The highest BCUT2D eigenvalue weighted by atomic mass is 32.1. The van der Waals surface area contributed by atoms with Crippen LogP contribution in [0.2, 0.25) is 0 Å². The molecule has 0 saturated carbocycles. The standard InChI is InChI=1S/C21H25N5OS/c1-2-26-20(27)18-15-7-3-4-8-16(15)28-19(18)23-21(26)25-13-11-24(12-14-25)17-9-5-6-10-22-17/h5-6,9-10H,2-4,7-8,11-14H2,1H3. The molecule has 0 unspecified atom stereocenters. The van der Waals surface area contributed by atoms with Gasteiger partial charge in [-0.3, -0.25) is 9.36 Å². The number of pyridine rings is 1. The number of nitrogens with zero attached hydrogens (tertiary/aromatic N) is 5. The number of rotatable bonds is 3. The van der Waals surface area contributed by atoms with Gasteiger partial charge in [0.2, 0.25) is 5.95 Å². The number of anilines is 2. The lowest BCUT2D eigenvalue weighted by Crippen LogP contribution is -2.48. The summed E-state index contributed by atoms with van der Waals surface area (Å²) in [5, 5.41) is 0.887. The minimum Gasteiger partial charge on any atom is -0.353 e. The molecule has 0 N–H and O–H groups in total. The van der Waals surface area contributed by atoms with Gasteiger partial charge in [-0.2, -0.15) is 0 Å². The lowest BCUT2D eigenvalue weighted by Gasteiger charge is -2.36. The molecule has 0 bridgehead atoms. The Morgan fingerprint density at radius 3 is 2.61 bits per heavy atom. The average molecular weight is 396 g/mol. The van der Waals surface area contributed by atoms with Crippen molar-refractivity contribution in [1.82, 2.24) is 14.5 Å². The van der Waals surface area contributed by atoms with Gasteiger partial charge in [0.15, 0.2) is 0 Å². The Hall–Kier alpha value is -2.41. The molecule has 3 aromatic rings. The maximum Gasteiger partial charge on any atom is 0.263 e. The molecule has 1 saturated heterocycles. The zero-order valence-electron chi connectivity index (χ0n) is 16.2. The maximum absolute atomic E-state index is 13.3. The number of thiophene rings is 1. The van der Waals surface area contributed by atoms with Gasteiger partial charge >= 0.3 is 0 Å². The van der Waals surface area contributed by atoms with Crippen LogP contribution in [0.1, 0.15) is 30.2 Å². The van der Waals surface area contributed by atoms with Gasteiger partial charge in [-0.05, 0) is 50.3 Å². The van der Waals surface area contributed by atoms with E-state index in [0.29, 0.717) is 6.54 Å². The predicted molar refractivity (Wildman–Crippen MR) is 115 cm³/mol. The average Bonchev–Trinajstić information content (AvgIpc) is 3.13. The Balaban J connectivity index is 1.48. The summed E-state index contributed by atoms with van der Waals surface area (Å²) in [6.45, 7) is 6.16. The van der Waals surface area contributed by atoms with Gasteiger partial charge in [-0.15, -0.1) is 11.3 Å². The first-order valence-electron chi connectivity index (χ1n) is 10.2. The molecule has 0 radical (unpaired) electrons. The SMILES string of the molecule is CCn1c(N2CCN(c3ccccn3)CC2)nc2sc3c(c2c1=O)CCCC3. The number of hydrogen-bond donors (Lipinski definition) is 0. The van der Waals surface area contributed by atoms with Gasteiger partial charge < -0.3 is 9.80 Å². The molecule has 1 fully saturated rings. The van der Waals surface area contributed by atoms with Crippen molar-refractivity contribution in [3.8, 4) is 0 Å². The highest BCUT2D eigenvalue weighted by molar-refractivity contribution is 7.18. The van der Waals surface area contributed by atoms with Crippen LogP contribution in [-0.4, -0.2) is 40.7 Å². The number of aromatic nitrogens is 3. The van der Waals surface area contributed by atoms with Crippen molar-refractivity contribution in [2.75, 3.05) is 36.0 Å². The Kier molecular flexibility index (Phi) is 4.55. The summed E-state index contributed by atoms with van der Waals surface area (Å²) in [6.07, 6.45) is 6.37. The topological polar surface area (TPSA) is 54.3 Å². The van der Waals surface area contributed by atoms with Crippen molar-refractivity contribution in [2.45, 2.75) is 39.2 Å². The molecule has 6 nitrogen and oxygen atoms in total. The van der Waals surface area contributed by atoms with E-state index in [1.807, 2.05) is 29.8 Å². The van der Waals surface area contributed by atoms with Crippen LogP contribution >= 0.6 is 11.3 Å². The van der Waals surface area contributed by atoms with Crippen molar-refractivity contribution >= 4 is 33.3 Å². The second kappa shape index (κ2) is 7.20. The second-order valence-corrected chi connectivity index (χ2v) is 8.60.